The van der Waals surface area contributed by atoms with Crippen molar-refractivity contribution in [2.24, 2.45) is 0 Å². The van der Waals surface area contributed by atoms with E-state index in [9.17, 15) is 40.2 Å². The number of hydrogen-bond acceptors (Lipinski definition) is 11. The van der Waals surface area contributed by atoms with Crippen LogP contribution in [-0.4, -0.2) is 115 Å². The molecule has 0 saturated carbocycles. The van der Waals surface area contributed by atoms with Crippen molar-refractivity contribution in [3.05, 3.63) is 0 Å². The van der Waals surface area contributed by atoms with Crippen LogP contribution in [0, 0.1) is 0 Å². The van der Waals surface area contributed by atoms with Crippen LogP contribution in [0.4, 0.5) is 0 Å². The molecule has 0 amide bonds. The first-order valence-corrected chi connectivity index (χ1v) is 6.83. The monoisotopic (exact) mass is 356 g/mol. The molecule has 1 saturated heterocycles. The van der Waals surface area contributed by atoms with Crippen molar-refractivity contribution in [2.45, 2.75) is 55.1 Å². The summed E-state index contributed by atoms with van der Waals surface area (Å²) in [7, 11) is 0. The lowest BCUT2D eigenvalue weighted by Gasteiger charge is -2.38. The summed E-state index contributed by atoms with van der Waals surface area (Å²) in [5.41, 5.74) is 0. The van der Waals surface area contributed by atoms with Gasteiger partial charge in [-0.25, -0.2) is 4.79 Å². The summed E-state index contributed by atoms with van der Waals surface area (Å²) < 4.78 is 9.60. The Kier molecular flexibility index (Phi) is 7.59. The fourth-order valence-electron chi connectivity index (χ4n) is 1.99. The minimum absolute atomic E-state index is 0.0648. The van der Waals surface area contributed by atoms with E-state index < -0.39 is 67.7 Å². The summed E-state index contributed by atoms with van der Waals surface area (Å²) in [6.45, 7) is -0.819. The van der Waals surface area contributed by atoms with E-state index in [-0.39, 0.29) is 6.29 Å². The minimum atomic E-state index is -2.02. The molecule has 0 aromatic heterocycles. The molecule has 9 atom stereocenters. The van der Waals surface area contributed by atoms with Gasteiger partial charge >= 0.3 is 5.97 Å². The normalized spacial score (nSPS) is 35.7. The van der Waals surface area contributed by atoms with Crippen molar-refractivity contribution in [2.75, 3.05) is 6.61 Å². The molecule has 0 unspecified atom stereocenters. The lowest BCUT2D eigenvalue weighted by atomic mass is 9.99. The molecule has 12 nitrogen and oxygen atoms in total. The first-order valence-electron chi connectivity index (χ1n) is 6.83. The molecule has 0 spiro atoms. The topological polar surface area (TPSA) is 214 Å². The van der Waals surface area contributed by atoms with Crippen LogP contribution >= 0.6 is 0 Å². The number of carboxylic acid groups (broad SMARTS) is 1. The smallest absolute Gasteiger partial charge is 0.335 e. The highest BCUT2D eigenvalue weighted by Gasteiger charge is 2.47. The molecule has 1 aliphatic rings. The van der Waals surface area contributed by atoms with Gasteiger partial charge in [0.25, 0.3) is 0 Å². The molecule has 0 aliphatic carbocycles. The van der Waals surface area contributed by atoms with Crippen LogP contribution in [-0.2, 0) is 19.1 Å². The average Bonchev–Trinajstić information content (AvgIpc) is 2.56. The molecule has 0 radical (unpaired) electrons. The lowest BCUT2D eigenvalue weighted by Crippen LogP contribution is -2.60. The summed E-state index contributed by atoms with van der Waals surface area (Å²) in [5, 5.41) is 75.1. The van der Waals surface area contributed by atoms with Crippen LogP contribution in [0.3, 0.4) is 0 Å². The number of aliphatic carboxylic acids is 1. The maximum atomic E-state index is 10.9. The van der Waals surface area contributed by atoms with Gasteiger partial charge in [-0.3, -0.25) is 0 Å². The third-order valence-electron chi connectivity index (χ3n) is 3.48. The second-order valence-electron chi connectivity index (χ2n) is 5.24. The fourth-order valence-corrected chi connectivity index (χ4v) is 1.99. The third kappa shape index (κ3) is 4.66. The molecular weight excluding hydrogens is 336 g/mol. The van der Waals surface area contributed by atoms with Crippen molar-refractivity contribution in [3.8, 4) is 0 Å². The standard InChI is InChI=1S/C12H20O12/c13-1-3(14)5(16)6(17)4(15)2-23-12-9(20)7(18)8(19)10(24-12)11(21)22/h1,3-10,12,14-20H,2H2,(H,21,22)/t3-,4+,5+,6-,7-,8-,9+,10-,12+/m0/s1. The Balaban J connectivity index is 2.64. The first-order chi connectivity index (χ1) is 11.1. The number of hydrogen-bond donors (Lipinski definition) is 8. The van der Waals surface area contributed by atoms with Crippen molar-refractivity contribution in [1.29, 1.82) is 0 Å². The maximum absolute atomic E-state index is 10.9. The lowest BCUT2D eigenvalue weighted by molar-refractivity contribution is -0.299. The first kappa shape index (κ1) is 20.8. The number of carbonyl (C=O) groups is 2. The zero-order valence-corrected chi connectivity index (χ0v) is 12.2. The Morgan fingerprint density at radius 2 is 1.62 bits per heavy atom. The molecule has 1 heterocycles. The summed E-state index contributed by atoms with van der Waals surface area (Å²) in [6, 6.07) is 0. The Morgan fingerprint density at radius 1 is 1.04 bits per heavy atom. The molecular formula is C12H20O12. The Morgan fingerprint density at radius 3 is 2.12 bits per heavy atom. The van der Waals surface area contributed by atoms with E-state index in [1.54, 1.807) is 0 Å². The van der Waals surface area contributed by atoms with E-state index in [0.717, 1.165) is 0 Å². The van der Waals surface area contributed by atoms with E-state index in [1.165, 1.54) is 0 Å². The fraction of sp³-hybridized carbons (Fsp3) is 0.833. The van der Waals surface area contributed by atoms with E-state index in [0.29, 0.717) is 0 Å². The number of carboxylic acids is 1. The third-order valence-corrected chi connectivity index (χ3v) is 3.48. The van der Waals surface area contributed by atoms with Crippen molar-refractivity contribution in [1.82, 2.24) is 0 Å². The second-order valence-corrected chi connectivity index (χ2v) is 5.24. The number of carbonyl (C=O) groups excluding carboxylic acids is 1. The Labute approximate surface area is 135 Å². The van der Waals surface area contributed by atoms with Gasteiger partial charge in [0, 0.05) is 0 Å². The van der Waals surface area contributed by atoms with Gasteiger partial charge in [-0.2, -0.15) is 0 Å². The van der Waals surface area contributed by atoms with E-state index in [2.05, 4.69) is 0 Å². The molecule has 24 heavy (non-hydrogen) atoms. The van der Waals surface area contributed by atoms with Gasteiger partial charge in [-0.05, 0) is 0 Å². The highest BCUT2D eigenvalue weighted by Crippen LogP contribution is 2.22. The SMILES string of the molecule is O=C[C@H](O)[C@@H](O)[C@@H](O)[C@H](O)CO[C@@H]1O[C@H](C(=O)O)[C@@H](O)[C@H](O)[C@H]1O. The van der Waals surface area contributed by atoms with Gasteiger partial charge in [0.1, 0.15) is 42.7 Å². The molecule has 0 aromatic rings. The summed E-state index contributed by atoms with van der Waals surface area (Å²) in [4.78, 5) is 21.2. The van der Waals surface area contributed by atoms with E-state index in [4.69, 9.17) is 19.7 Å². The van der Waals surface area contributed by atoms with Crippen molar-refractivity contribution in [3.63, 3.8) is 0 Å². The number of aliphatic hydroxyl groups excluding tert-OH is 7. The quantitative estimate of drug-likeness (QED) is 0.191. The van der Waals surface area contributed by atoms with Crippen LogP contribution in [0.1, 0.15) is 0 Å². The molecule has 12 heteroatoms. The summed E-state index contributed by atoms with van der Waals surface area (Å²) in [6.07, 6.45) is -17.2. The average molecular weight is 356 g/mol. The van der Waals surface area contributed by atoms with E-state index in [1.807, 2.05) is 0 Å². The summed E-state index contributed by atoms with van der Waals surface area (Å²) >= 11 is 0. The molecule has 8 N–H and O–H groups in total. The van der Waals surface area contributed by atoms with Gasteiger partial charge in [-0.15, -0.1) is 0 Å². The second kappa shape index (κ2) is 8.75. The highest BCUT2D eigenvalue weighted by molar-refractivity contribution is 5.73. The highest BCUT2D eigenvalue weighted by atomic mass is 16.7. The molecule has 0 bridgehead atoms. The number of aldehydes is 1. The molecule has 1 fully saturated rings. The molecule has 140 valence electrons. The largest absolute Gasteiger partial charge is 0.479 e. The van der Waals surface area contributed by atoms with Gasteiger partial charge in [0.15, 0.2) is 18.7 Å². The molecule has 1 aliphatic heterocycles. The van der Waals surface area contributed by atoms with Gasteiger partial charge in [0.05, 0.1) is 6.61 Å². The van der Waals surface area contributed by atoms with E-state index >= 15 is 0 Å². The maximum Gasteiger partial charge on any atom is 0.335 e. The summed E-state index contributed by atoms with van der Waals surface area (Å²) in [5.74, 6) is -1.63. The van der Waals surface area contributed by atoms with Crippen LogP contribution in [0.15, 0.2) is 0 Å². The van der Waals surface area contributed by atoms with Gasteiger partial charge in [-0.1, -0.05) is 0 Å². The Hall–Kier alpha value is -1.22. The number of ether oxygens (including phenoxy) is 2. The molecule has 1 rings (SSSR count). The van der Waals surface area contributed by atoms with Crippen molar-refractivity contribution < 1.29 is 59.9 Å². The number of rotatable bonds is 8. The predicted octanol–water partition coefficient (Wildman–Crippen LogP) is -5.46. The van der Waals surface area contributed by atoms with Crippen LogP contribution in [0.25, 0.3) is 0 Å². The zero-order chi connectivity index (χ0) is 18.6. The van der Waals surface area contributed by atoms with Gasteiger partial charge in [0.2, 0.25) is 0 Å². The molecule has 0 aromatic carbocycles. The van der Waals surface area contributed by atoms with Crippen molar-refractivity contribution >= 4 is 12.3 Å². The predicted molar refractivity (Wildman–Crippen MR) is 70.4 cm³/mol. The number of aliphatic hydroxyl groups is 7. The van der Waals surface area contributed by atoms with Gasteiger partial charge < -0.3 is 55.1 Å². The zero-order valence-electron chi connectivity index (χ0n) is 12.2. The minimum Gasteiger partial charge on any atom is -0.479 e. The van der Waals surface area contributed by atoms with Crippen LogP contribution in [0.2, 0.25) is 0 Å². The Bertz CT molecular complexity index is 430. The van der Waals surface area contributed by atoms with Crippen LogP contribution < -0.4 is 0 Å². The van der Waals surface area contributed by atoms with Crippen LogP contribution in [0.5, 0.6) is 0 Å².